The third-order valence-electron chi connectivity index (χ3n) is 4.95. The van der Waals surface area contributed by atoms with E-state index in [4.69, 9.17) is 10.5 Å². The van der Waals surface area contributed by atoms with Crippen LogP contribution in [0.1, 0.15) is 12.6 Å². The molecule has 0 aliphatic carbocycles. The molecule has 3 heterocycles. The minimum atomic E-state index is -1.19. The smallest absolute Gasteiger partial charge is 0.237 e. The van der Waals surface area contributed by atoms with E-state index in [9.17, 15) is 19.2 Å². The van der Waals surface area contributed by atoms with Crippen LogP contribution in [-0.2, 0) is 20.3 Å². The van der Waals surface area contributed by atoms with Crippen LogP contribution < -0.4 is 16.0 Å². The number of rotatable bonds is 8. The maximum atomic E-state index is 12.4. The van der Waals surface area contributed by atoms with Gasteiger partial charge in [0.2, 0.25) is 5.91 Å². The van der Waals surface area contributed by atoms with Crippen molar-refractivity contribution in [1.82, 2.24) is 24.8 Å². The number of carbonyl (C=O) groups excluding carboxylic acids is 1. The topological polar surface area (TPSA) is 169 Å². The van der Waals surface area contributed by atoms with Gasteiger partial charge in [-0.05, 0) is 6.42 Å². The van der Waals surface area contributed by atoms with Gasteiger partial charge in [-0.1, -0.05) is 0 Å². The van der Waals surface area contributed by atoms with E-state index in [0.717, 1.165) is 0 Å². The van der Waals surface area contributed by atoms with Crippen molar-refractivity contribution < 1.29 is 24.0 Å². The van der Waals surface area contributed by atoms with Gasteiger partial charge in [0.1, 0.15) is 18.5 Å². The van der Waals surface area contributed by atoms with Crippen LogP contribution in [0.25, 0.3) is 11.2 Å². The monoisotopic (exact) mass is 477 g/mol. The van der Waals surface area contributed by atoms with Crippen molar-refractivity contribution in [2.45, 2.75) is 36.9 Å². The molecule has 1 aliphatic rings. The number of amides is 1. The second-order valence-electron chi connectivity index (χ2n) is 7.36. The number of imidazole rings is 1. The number of aliphatic hydroxyl groups excluding tert-OH is 2. The Hall–Kier alpha value is -1.90. The van der Waals surface area contributed by atoms with E-state index >= 15 is 0 Å². The van der Waals surface area contributed by atoms with Crippen LogP contribution in [-0.4, -0.2) is 96.9 Å². The Morgan fingerprint density at radius 3 is 2.74 bits per heavy atom. The zero-order valence-electron chi connectivity index (χ0n) is 17.4. The van der Waals surface area contributed by atoms with Crippen molar-refractivity contribution in [3.63, 3.8) is 0 Å². The molecule has 5 N–H and O–H groups in total. The van der Waals surface area contributed by atoms with Crippen LogP contribution in [0.2, 0.25) is 0 Å². The van der Waals surface area contributed by atoms with Crippen LogP contribution in [0.4, 0.5) is 5.82 Å². The highest BCUT2D eigenvalue weighted by Gasteiger charge is 2.46. The first-order valence-corrected chi connectivity index (χ1v) is 11.1. The normalized spacial score (nSPS) is 25.1. The SMILES string of the molecule is CN(C)c1ncnc2c1ncn2[C@@H]1O[C@H](CO)[C@@H](NC(=O)[C@@H](N)CCS(C)=O)[C@H]1O.Cl. The summed E-state index contributed by atoms with van der Waals surface area (Å²) in [7, 11) is 2.58. The van der Waals surface area contributed by atoms with Gasteiger partial charge in [-0.15, -0.1) is 12.4 Å². The molecule has 1 aliphatic heterocycles. The summed E-state index contributed by atoms with van der Waals surface area (Å²) in [5.41, 5.74) is 6.83. The summed E-state index contributed by atoms with van der Waals surface area (Å²) in [5.74, 6) is 0.383. The second-order valence-corrected chi connectivity index (χ2v) is 8.92. The Kier molecular flexibility index (Phi) is 8.68. The number of ether oxygens (including phenoxy) is 1. The highest BCUT2D eigenvalue weighted by Crippen LogP contribution is 2.32. The van der Waals surface area contributed by atoms with E-state index in [1.54, 1.807) is 9.47 Å². The van der Waals surface area contributed by atoms with Gasteiger partial charge in [0.15, 0.2) is 23.2 Å². The lowest BCUT2D eigenvalue weighted by Crippen LogP contribution is -2.53. The van der Waals surface area contributed by atoms with E-state index in [1.807, 2.05) is 14.1 Å². The van der Waals surface area contributed by atoms with Gasteiger partial charge in [0.25, 0.3) is 0 Å². The summed E-state index contributed by atoms with van der Waals surface area (Å²) in [6, 6.07) is -1.78. The maximum Gasteiger partial charge on any atom is 0.237 e. The zero-order chi connectivity index (χ0) is 22.0. The molecule has 2 aromatic rings. The molecule has 0 bridgehead atoms. The van der Waals surface area contributed by atoms with Crippen LogP contribution in [0.5, 0.6) is 0 Å². The van der Waals surface area contributed by atoms with E-state index in [1.165, 1.54) is 18.9 Å². The molecule has 6 atom stereocenters. The number of nitrogens with zero attached hydrogens (tertiary/aromatic N) is 5. The standard InChI is InChI=1S/C17H27N7O5S.ClH/c1-23(2)14-12-15(20-7-19-14)24(8-21-12)17-13(26)11(10(6-25)29-17)22-16(27)9(18)4-5-30(3)28;/h7-11,13,17,25-26H,4-6,18H2,1-3H3,(H,22,27);1H/t9-,10+,11+,13+,17+,30?;/m0./s1. The molecule has 174 valence electrons. The number of carbonyl (C=O) groups is 1. The van der Waals surface area contributed by atoms with Gasteiger partial charge in [0.05, 0.1) is 25.0 Å². The molecular weight excluding hydrogens is 450 g/mol. The Labute approximate surface area is 188 Å². The summed E-state index contributed by atoms with van der Waals surface area (Å²) in [5, 5.41) is 23.2. The second kappa shape index (κ2) is 10.6. The third-order valence-corrected chi connectivity index (χ3v) is 5.76. The number of hydrogen-bond donors (Lipinski definition) is 4. The molecule has 12 nitrogen and oxygen atoms in total. The Morgan fingerprint density at radius 2 is 2.13 bits per heavy atom. The van der Waals surface area contributed by atoms with E-state index in [-0.39, 0.29) is 18.8 Å². The van der Waals surface area contributed by atoms with Crippen molar-refractivity contribution >= 4 is 46.1 Å². The summed E-state index contributed by atoms with van der Waals surface area (Å²) in [6.45, 7) is -0.419. The van der Waals surface area contributed by atoms with E-state index < -0.39 is 53.8 Å². The minimum absolute atomic E-state index is 0. The van der Waals surface area contributed by atoms with Crippen molar-refractivity contribution in [3.8, 4) is 0 Å². The third kappa shape index (κ3) is 5.30. The molecule has 0 saturated carbocycles. The fourth-order valence-electron chi connectivity index (χ4n) is 3.35. The fourth-order valence-corrected chi connectivity index (χ4v) is 3.94. The van der Waals surface area contributed by atoms with Crippen molar-refractivity contribution in [1.29, 1.82) is 0 Å². The van der Waals surface area contributed by atoms with Gasteiger partial charge in [-0.3, -0.25) is 13.6 Å². The highest BCUT2D eigenvalue weighted by molar-refractivity contribution is 7.84. The van der Waals surface area contributed by atoms with Crippen LogP contribution >= 0.6 is 12.4 Å². The molecule has 14 heteroatoms. The molecule has 1 fully saturated rings. The molecule has 3 rings (SSSR count). The average molecular weight is 478 g/mol. The quantitative estimate of drug-likeness (QED) is 0.338. The molecule has 2 aromatic heterocycles. The number of fused-ring (bicyclic) bond motifs is 1. The van der Waals surface area contributed by atoms with Gasteiger partial charge in [-0.2, -0.15) is 0 Å². The number of halogens is 1. The summed E-state index contributed by atoms with van der Waals surface area (Å²) >= 11 is 0. The molecule has 31 heavy (non-hydrogen) atoms. The molecule has 0 spiro atoms. The number of aromatic nitrogens is 4. The summed E-state index contributed by atoms with van der Waals surface area (Å²) in [4.78, 5) is 27.0. The van der Waals surface area contributed by atoms with Crippen LogP contribution in [0.3, 0.4) is 0 Å². The predicted molar refractivity (Wildman–Crippen MR) is 117 cm³/mol. The average Bonchev–Trinajstić information content (AvgIpc) is 3.27. The lowest BCUT2D eigenvalue weighted by molar-refractivity contribution is -0.124. The van der Waals surface area contributed by atoms with E-state index in [2.05, 4.69) is 20.3 Å². The number of nitrogens with two attached hydrogens (primary N) is 1. The lowest BCUT2D eigenvalue weighted by atomic mass is 10.1. The molecule has 1 unspecified atom stereocenters. The largest absolute Gasteiger partial charge is 0.394 e. The predicted octanol–water partition coefficient (Wildman–Crippen LogP) is -1.85. The number of hydrogen-bond acceptors (Lipinski definition) is 10. The first kappa shape index (κ1) is 25.4. The van der Waals surface area contributed by atoms with Gasteiger partial charge in [0, 0.05) is 36.9 Å². The summed E-state index contributed by atoms with van der Waals surface area (Å²) < 4.78 is 18.6. The highest BCUT2D eigenvalue weighted by atomic mass is 35.5. The van der Waals surface area contributed by atoms with Gasteiger partial charge >= 0.3 is 0 Å². The van der Waals surface area contributed by atoms with Crippen LogP contribution in [0, 0.1) is 0 Å². The number of anilines is 1. The van der Waals surface area contributed by atoms with Gasteiger partial charge < -0.3 is 30.9 Å². The van der Waals surface area contributed by atoms with Crippen LogP contribution in [0.15, 0.2) is 12.7 Å². The molecule has 0 radical (unpaired) electrons. The van der Waals surface area contributed by atoms with Crippen molar-refractivity contribution in [2.24, 2.45) is 5.73 Å². The Bertz CT molecular complexity index is 929. The number of aliphatic hydroxyl groups is 2. The lowest BCUT2D eigenvalue weighted by Gasteiger charge is -2.22. The maximum absolute atomic E-state index is 12.4. The molecular formula is C17H28ClN7O5S. The van der Waals surface area contributed by atoms with E-state index in [0.29, 0.717) is 22.7 Å². The minimum Gasteiger partial charge on any atom is -0.394 e. The van der Waals surface area contributed by atoms with Crippen molar-refractivity contribution in [2.75, 3.05) is 37.6 Å². The Morgan fingerprint density at radius 1 is 1.42 bits per heavy atom. The first-order chi connectivity index (χ1) is 14.2. The van der Waals surface area contributed by atoms with Crippen molar-refractivity contribution in [3.05, 3.63) is 12.7 Å². The molecule has 0 aromatic carbocycles. The first-order valence-electron chi connectivity index (χ1n) is 9.39. The van der Waals surface area contributed by atoms with Gasteiger partial charge in [-0.25, -0.2) is 15.0 Å². The molecule has 1 saturated heterocycles. The zero-order valence-corrected chi connectivity index (χ0v) is 19.0. The Balaban J connectivity index is 0.00000341. The summed E-state index contributed by atoms with van der Waals surface area (Å²) in [6.07, 6.45) is 1.66. The number of nitrogens with one attached hydrogen (secondary N) is 1. The molecule has 1 amide bonds. The fraction of sp³-hybridized carbons (Fsp3) is 0.647.